The van der Waals surface area contributed by atoms with Gasteiger partial charge < -0.3 is 10.0 Å². The topological polar surface area (TPSA) is 40.5 Å². The Balaban J connectivity index is 2.07. The first-order chi connectivity index (χ1) is 10.5. The standard InChI is InChI=1S/C16H12Cl3NO2/c17-9-4-6-10(7-5-9)20-13(8-14(21)16(20)22)11-2-1-3-12(18)15(11)19/h1-7,13-14,21H,8H2. The minimum Gasteiger partial charge on any atom is -0.383 e. The van der Waals surface area contributed by atoms with Gasteiger partial charge in [0, 0.05) is 17.1 Å². The zero-order chi connectivity index (χ0) is 15.9. The fraction of sp³-hybridized carbons (Fsp3) is 0.188. The lowest BCUT2D eigenvalue weighted by Gasteiger charge is -2.26. The molecule has 1 heterocycles. The Bertz CT molecular complexity index is 718. The van der Waals surface area contributed by atoms with Gasteiger partial charge in [0.2, 0.25) is 0 Å². The lowest BCUT2D eigenvalue weighted by molar-refractivity contribution is -0.124. The van der Waals surface area contributed by atoms with Gasteiger partial charge in [-0.05, 0) is 35.9 Å². The van der Waals surface area contributed by atoms with Crippen molar-refractivity contribution in [3.63, 3.8) is 0 Å². The van der Waals surface area contributed by atoms with Crippen LogP contribution in [0.3, 0.4) is 0 Å². The van der Waals surface area contributed by atoms with Crippen LogP contribution in [0.4, 0.5) is 5.69 Å². The van der Waals surface area contributed by atoms with Gasteiger partial charge in [-0.1, -0.05) is 46.9 Å². The van der Waals surface area contributed by atoms with Gasteiger partial charge in [-0.25, -0.2) is 0 Å². The van der Waals surface area contributed by atoms with Crippen LogP contribution in [0.15, 0.2) is 42.5 Å². The first-order valence-corrected chi connectivity index (χ1v) is 7.83. The van der Waals surface area contributed by atoms with Gasteiger partial charge in [-0.15, -0.1) is 0 Å². The van der Waals surface area contributed by atoms with Gasteiger partial charge in [0.25, 0.3) is 5.91 Å². The molecular weight excluding hydrogens is 345 g/mol. The molecule has 114 valence electrons. The summed E-state index contributed by atoms with van der Waals surface area (Å²) in [7, 11) is 0. The molecule has 2 unspecified atom stereocenters. The van der Waals surface area contributed by atoms with Crippen molar-refractivity contribution in [1.29, 1.82) is 0 Å². The van der Waals surface area contributed by atoms with E-state index in [0.717, 1.165) is 0 Å². The molecule has 1 aliphatic rings. The van der Waals surface area contributed by atoms with E-state index in [1.54, 1.807) is 41.3 Å². The van der Waals surface area contributed by atoms with Crippen LogP contribution in [-0.4, -0.2) is 17.1 Å². The van der Waals surface area contributed by atoms with Gasteiger partial charge in [0.1, 0.15) is 6.10 Å². The summed E-state index contributed by atoms with van der Waals surface area (Å²) in [6.07, 6.45) is -0.794. The number of rotatable bonds is 2. The molecule has 2 atom stereocenters. The van der Waals surface area contributed by atoms with Crippen LogP contribution in [0.25, 0.3) is 0 Å². The summed E-state index contributed by atoms with van der Waals surface area (Å²) in [5.74, 6) is -0.358. The number of halogens is 3. The highest BCUT2D eigenvalue weighted by molar-refractivity contribution is 6.42. The molecule has 1 aliphatic heterocycles. The molecule has 1 N–H and O–H groups in total. The summed E-state index contributed by atoms with van der Waals surface area (Å²) in [4.78, 5) is 13.9. The smallest absolute Gasteiger partial charge is 0.256 e. The van der Waals surface area contributed by atoms with Crippen molar-refractivity contribution in [2.75, 3.05) is 4.90 Å². The van der Waals surface area contributed by atoms with Gasteiger partial charge in [0.05, 0.1) is 16.1 Å². The molecule has 1 fully saturated rings. The van der Waals surface area contributed by atoms with E-state index in [-0.39, 0.29) is 18.4 Å². The van der Waals surface area contributed by atoms with Crippen molar-refractivity contribution in [3.8, 4) is 0 Å². The lowest BCUT2D eigenvalue weighted by atomic mass is 10.0. The number of hydrogen-bond acceptors (Lipinski definition) is 2. The molecule has 6 heteroatoms. The van der Waals surface area contributed by atoms with E-state index in [1.165, 1.54) is 0 Å². The van der Waals surface area contributed by atoms with Crippen molar-refractivity contribution >= 4 is 46.4 Å². The van der Waals surface area contributed by atoms with Crippen molar-refractivity contribution in [2.24, 2.45) is 0 Å². The van der Waals surface area contributed by atoms with Gasteiger partial charge in [-0.2, -0.15) is 0 Å². The Kier molecular flexibility index (Phi) is 4.33. The maximum absolute atomic E-state index is 12.3. The van der Waals surface area contributed by atoms with Crippen LogP contribution in [-0.2, 0) is 4.79 Å². The highest BCUT2D eigenvalue weighted by Gasteiger charge is 2.41. The summed E-state index contributed by atoms with van der Waals surface area (Å²) < 4.78 is 0. The van der Waals surface area contributed by atoms with Crippen LogP contribution in [0.5, 0.6) is 0 Å². The monoisotopic (exact) mass is 355 g/mol. The molecule has 0 aromatic heterocycles. The number of aliphatic hydroxyl groups is 1. The van der Waals surface area contributed by atoms with E-state index in [4.69, 9.17) is 34.8 Å². The molecule has 22 heavy (non-hydrogen) atoms. The van der Waals surface area contributed by atoms with E-state index in [2.05, 4.69) is 0 Å². The number of carbonyl (C=O) groups is 1. The zero-order valence-corrected chi connectivity index (χ0v) is 13.6. The molecule has 2 aromatic carbocycles. The highest BCUT2D eigenvalue weighted by atomic mass is 35.5. The second kappa shape index (κ2) is 6.09. The predicted molar refractivity (Wildman–Crippen MR) is 88.8 cm³/mol. The number of hydrogen-bond donors (Lipinski definition) is 1. The summed E-state index contributed by atoms with van der Waals surface area (Å²) in [6.45, 7) is 0. The first-order valence-electron chi connectivity index (χ1n) is 6.69. The molecule has 1 saturated heterocycles. The Morgan fingerprint density at radius 3 is 2.41 bits per heavy atom. The molecule has 0 spiro atoms. The molecule has 0 bridgehead atoms. The number of carbonyl (C=O) groups excluding carboxylic acids is 1. The normalized spacial score (nSPS) is 21.5. The Labute approximate surface area is 143 Å². The molecule has 0 aliphatic carbocycles. The van der Waals surface area contributed by atoms with Crippen molar-refractivity contribution in [3.05, 3.63) is 63.1 Å². The number of benzene rings is 2. The molecule has 0 radical (unpaired) electrons. The third-order valence-electron chi connectivity index (χ3n) is 3.73. The fourth-order valence-corrected chi connectivity index (χ4v) is 3.24. The SMILES string of the molecule is O=C1C(O)CC(c2cccc(Cl)c2Cl)N1c1ccc(Cl)cc1. The summed E-state index contributed by atoms with van der Waals surface area (Å²) >= 11 is 18.2. The quantitative estimate of drug-likeness (QED) is 0.861. The fourth-order valence-electron chi connectivity index (χ4n) is 2.68. The van der Waals surface area contributed by atoms with Crippen LogP contribution < -0.4 is 4.90 Å². The van der Waals surface area contributed by atoms with Crippen LogP contribution in [0.1, 0.15) is 18.0 Å². The molecular formula is C16H12Cl3NO2. The summed E-state index contributed by atoms with van der Waals surface area (Å²) in [5.41, 5.74) is 1.38. The number of anilines is 1. The molecule has 2 aromatic rings. The molecule has 3 rings (SSSR count). The largest absolute Gasteiger partial charge is 0.383 e. The van der Waals surface area contributed by atoms with Gasteiger partial charge >= 0.3 is 0 Å². The summed E-state index contributed by atoms with van der Waals surface area (Å²) in [5, 5.41) is 11.4. The van der Waals surface area contributed by atoms with Gasteiger partial charge in [0.15, 0.2) is 0 Å². The minimum atomic E-state index is -1.06. The molecule has 0 saturated carbocycles. The maximum atomic E-state index is 12.3. The van der Waals surface area contributed by atoms with Crippen molar-refractivity contribution < 1.29 is 9.90 Å². The maximum Gasteiger partial charge on any atom is 0.256 e. The average molecular weight is 357 g/mol. The number of aliphatic hydroxyl groups excluding tert-OH is 1. The third-order valence-corrected chi connectivity index (χ3v) is 4.81. The van der Waals surface area contributed by atoms with E-state index in [0.29, 0.717) is 26.3 Å². The second-order valence-corrected chi connectivity index (χ2v) is 6.32. The summed E-state index contributed by atoms with van der Waals surface area (Å²) in [6, 6.07) is 11.8. The van der Waals surface area contributed by atoms with Gasteiger partial charge in [-0.3, -0.25) is 4.79 Å². The Morgan fingerprint density at radius 1 is 1.05 bits per heavy atom. The Morgan fingerprint density at radius 2 is 1.73 bits per heavy atom. The predicted octanol–water partition coefficient (Wildman–Crippen LogP) is 4.49. The third kappa shape index (κ3) is 2.70. The van der Waals surface area contributed by atoms with Crippen LogP contribution in [0.2, 0.25) is 15.1 Å². The first kappa shape index (κ1) is 15.6. The number of nitrogens with zero attached hydrogens (tertiary/aromatic N) is 1. The van der Waals surface area contributed by atoms with Crippen molar-refractivity contribution in [2.45, 2.75) is 18.6 Å². The van der Waals surface area contributed by atoms with Crippen LogP contribution >= 0.6 is 34.8 Å². The van der Waals surface area contributed by atoms with E-state index in [1.807, 2.05) is 6.07 Å². The van der Waals surface area contributed by atoms with E-state index < -0.39 is 6.10 Å². The van der Waals surface area contributed by atoms with Crippen molar-refractivity contribution in [1.82, 2.24) is 0 Å². The van der Waals surface area contributed by atoms with E-state index >= 15 is 0 Å². The minimum absolute atomic E-state index is 0.265. The highest BCUT2D eigenvalue weighted by Crippen LogP contribution is 2.41. The van der Waals surface area contributed by atoms with Crippen LogP contribution in [0, 0.1) is 0 Å². The molecule has 3 nitrogen and oxygen atoms in total. The zero-order valence-electron chi connectivity index (χ0n) is 11.3. The lowest BCUT2D eigenvalue weighted by Crippen LogP contribution is -2.30. The molecule has 1 amide bonds. The average Bonchev–Trinajstić information content (AvgIpc) is 2.79. The second-order valence-electron chi connectivity index (χ2n) is 5.09. The van der Waals surface area contributed by atoms with E-state index in [9.17, 15) is 9.90 Å². The number of amides is 1. The Hall–Kier alpha value is -1.26.